The minimum absolute atomic E-state index is 0.116. The Kier molecular flexibility index (Phi) is 4.43. The highest BCUT2D eigenvalue weighted by atomic mass is 16.5. The van der Waals surface area contributed by atoms with Crippen molar-refractivity contribution in [1.29, 1.82) is 0 Å². The number of nitrogens with one attached hydrogen (secondary N) is 1. The van der Waals surface area contributed by atoms with Gasteiger partial charge in [0.05, 0.1) is 24.9 Å². The Morgan fingerprint density at radius 2 is 2.50 bits per heavy atom. The normalized spacial score (nSPS) is 23.6. The quantitative estimate of drug-likeness (QED) is 0.771. The molecule has 2 heterocycles. The van der Waals surface area contributed by atoms with Crippen molar-refractivity contribution >= 4 is 11.8 Å². The molecule has 1 fully saturated rings. The zero-order valence-electron chi connectivity index (χ0n) is 9.78. The van der Waals surface area contributed by atoms with Gasteiger partial charge in [0.1, 0.15) is 12.4 Å². The van der Waals surface area contributed by atoms with Gasteiger partial charge in [0, 0.05) is 19.0 Å². The van der Waals surface area contributed by atoms with Crippen LogP contribution in [0.15, 0.2) is 18.6 Å². The van der Waals surface area contributed by atoms with E-state index in [1.807, 2.05) is 0 Å². The zero-order chi connectivity index (χ0) is 12.8. The third-order valence-corrected chi connectivity index (χ3v) is 2.61. The van der Waals surface area contributed by atoms with Gasteiger partial charge in [-0.2, -0.15) is 0 Å². The summed E-state index contributed by atoms with van der Waals surface area (Å²) < 4.78 is 10.7. The van der Waals surface area contributed by atoms with E-state index < -0.39 is 5.97 Å². The number of carboxylic acid groups (broad SMARTS) is 1. The summed E-state index contributed by atoms with van der Waals surface area (Å²) in [5.74, 6) is -0.350. The van der Waals surface area contributed by atoms with Crippen molar-refractivity contribution in [3.63, 3.8) is 0 Å². The van der Waals surface area contributed by atoms with E-state index in [4.69, 9.17) is 14.6 Å². The number of carboxylic acids is 1. The Balaban J connectivity index is 1.93. The van der Waals surface area contributed by atoms with E-state index in [1.54, 1.807) is 18.6 Å². The molecule has 0 saturated carbocycles. The van der Waals surface area contributed by atoms with Gasteiger partial charge >= 0.3 is 5.97 Å². The lowest BCUT2D eigenvalue weighted by Crippen LogP contribution is -2.44. The van der Waals surface area contributed by atoms with E-state index >= 15 is 0 Å². The molecule has 0 bridgehead atoms. The van der Waals surface area contributed by atoms with Gasteiger partial charge in [-0.3, -0.25) is 4.98 Å². The average molecular weight is 253 g/mol. The molecule has 1 aromatic rings. The maximum atomic E-state index is 10.5. The van der Waals surface area contributed by atoms with Crippen LogP contribution in [0.4, 0.5) is 5.82 Å². The van der Waals surface area contributed by atoms with E-state index in [2.05, 4.69) is 15.3 Å². The minimum Gasteiger partial charge on any atom is -0.480 e. The summed E-state index contributed by atoms with van der Waals surface area (Å²) in [7, 11) is 0. The number of rotatable bonds is 5. The van der Waals surface area contributed by atoms with Gasteiger partial charge in [0.25, 0.3) is 0 Å². The maximum absolute atomic E-state index is 10.5. The first-order chi connectivity index (χ1) is 8.75. The van der Waals surface area contributed by atoms with Crippen LogP contribution >= 0.6 is 0 Å². The van der Waals surface area contributed by atoms with Crippen molar-refractivity contribution in [2.45, 2.75) is 18.6 Å². The molecular formula is C11H15N3O4. The Morgan fingerprint density at radius 1 is 1.61 bits per heavy atom. The molecule has 7 heteroatoms. The summed E-state index contributed by atoms with van der Waals surface area (Å²) in [5.41, 5.74) is 0. The fraction of sp³-hybridized carbons (Fsp3) is 0.545. The molecule has 0 unspecified atom stereocenters. The number of hydrogen-bond donors (Lipinski definition) is 2. The molecule has 0 radical (unpaired) electrons. The molecule has 0 aromatic carbocycles. The lowest BCUT2D eigenvalue weighted by molar-refractivity contribution is -0.146. The molecule has 0 spiro atoms. The summed E-state index contributed by atoms with van der Waals surface area (Å²) in [6.07, 6.45) is 5.23. The molecule has 1 aliphatic heterocycles. The maximum Gasteiger partial charge on any atom is 0.329 e. The summed E-state index contributed by atoms with van der Waals surface area (Å²) >= 11 is 0. The highest BCUT2D eigenvalue weighted by molar-refractivity contribution is 5.68. The number of aromatic nitrogens is 2. The van der Waals surface area contributed by atoms with Gasteiger partial charge in [-0.1, -0.05) is 0 Å². The van der Waals surface area contributed by atoms with Gasteiger partial charge in [0.15, 0.2) is 0 Å². The predicted molar refractivity (Wildman–Crippen MR) is 62.3 cm³/mol. The van der Waals surface area contributed by atoms with Crippen LogP contribution in [0, 0.1) is 0 Å². The monoisotopic (exact) mass is 253 g/mol. The summed E-state index contributed by atoms with van der Waals surface area (Å²) in [6, 6.07) is -0.116. The second kappa shape index (κ2) is 6.27. The topological polar surface area (TPSA) is 93.6 Å². The second-order valence-corrected chi connectivity index (χ2v) is 3.95. The largest absolute Gasteiger partial charge is 0.480 e. The number of hydrogen-bond acceptors (Lipinski definition) is 6. The molecule has 2 N–H and O–H groups in total. The minimum atomic E-state index is -0.972. The lowest BCUT2D eigenvalue weighted by Gasteiger charge is -2.31. The summed E-state index contributed by atoms with van der Waals surface area (Å²) in [4.78, 5) is 18.6. The number of aliphatic carboxylic acids is 1. The van der Waals surface area contributed by atoms with Crippen LogP contribution in [0.25, 0.3) is 0 Å². The first-order valence-corrected chi connectivity index (χ1v) is 5.69. The number of nitrogens with zero attached hydrogens (tertiary/aromatic N) is 2. The smallest absolute Gasteiger partial charge is 0.329 e. The second-order valence-electron chi connectivity index (χ2n) is 3.95. The van der Waals surface area contributed by atoms with Crippen LogP contribution in [0.3, 0.4) is 0 Å². The van der Waals surface area contributed by atoms with E-state index in [9.17, 15) is 4.79 Å². The van der Waals surface area contributed by atoms with Crippen LogP contribution in [-0.2, 0) is 14.3 Å². The van der Waals surface area contributed by atoms with Crippen molar-refractivity contribution in [1.82, 2.24) is 9.97 Å². The van der Waals surface area contributed by atoms with Crippen LogP contribution in [0.2, 0.25) is 0 Å². The molecule has 2 rings (SSSR count). The van der Waals surface area contributed by atoms with Gasteiger partial charge in [-0.15, -0.1) is 0 Å². The molecular weight excluding hydrogens is 238 g/mol. The Hall–Kier alpha value is -1.73. The van der Waals surface area contributed by atoms with Gasteiger partial charge in [-0.25, -0.2) is 9.78 Å². The molecule has 7 nitrogen and oxygen atoms in total. The molecule has 2 atom stereocenters. The molecule has 1 aromatic heterocycles. The number of ether oxygens (including phenoxy) is 2. The lowest BCUT2D eigenvalue weighted by atomic mass is 10.1. The predicted octanol–water partition coefficient (Wildman–Crippen LogP) is 0.147. The van der Waals surface area contributed by atoms with Crippen molar-refractivity contribution in [3.05, 3.63) is 18.6 Å². The van der Waals surface area contributed by atoms with Gasteiger partial charge in [0.2, 0.25) is 0 Å². The fourth-order valence-electron chi connectivity index (χ4n) is 1.79. The third-order valence-electron chi connectivity index (χ3n) is 2.61. The molecule has 1 aliphatic rings. The number of anilines is 1. The zero-order valence-corrected chi connectivity index (χ0v) is 9.78. The highest BCUT2D eigenvalue weighted by Crippen LogP contribution is 2.15. The standard InChI is InChI=1S/C11H15N3O4/c15-11(16)7-18-9-1-4-17-6-8(9)14-10-5-12-2-3-13-10/h2-3,5,8-9H,1,4,6-7H2,(H,13,14)(H,15,16)/t8-,9+/m0/s1. The van der Waals surface area contributed by atoms with Crippen molar-refractivity contribution in [3.8, 4) is 0 Å². The molecule has 1 saturated heterocycles. The van der Waals surface area contributed by atoms with Crippen LogP contribution < -0.4 is 5.32 Å². The first kappa shape index (κ1) is 12.7. The first-order valence-electron chi connectivity index (χ1n) is 5.69. The third kappa shape index (κ3) is 3.64. The van der Waals surface area contributed by atoms with Crippen molar-refractivity contribution in [2.75, 3.05) is 25.1 Å². The molecule has 0 amide bonds. The molecule has 18 heavy (non-hydrogen) atoms. The van der Waals surface area contributed by atoms with E-state index in [0.717, 1.165) is 0 Å². The SMILES string of the molecule is O=C(O)CO[C@@H]1CCOC[C@@H]1Nc1cnccn1. The van der Waals surface area contributed by atoms with Gasteiger partial charge < -0.3 is 19.9 Å². The average Bonchev–Trinajstić information content (AvgIpc) is 2.39. The molecule has 98 valence electrons. The molecule has 0 aliphatic carbocycles. The van der Waals surface area contributed by atoms with E-state index in [-0.39, 0.29) is 18.8 Å². The Labute approximate surface area is 104 Å². The van der Waals surface area contributed by atoms with Crippen molar-refractivity contribution in [2.24, 2.45) is 0 Å². The Morgan fingerprint density at radius 3 is 3.22 bits per heavy atom. The Bertz CT molecular complexity index is 387. The summed E-state index contributed by atoms with van der Waals surface area (Å²) in [5, 5.41) is 11.8. The van der Waals surface area contributed by atoms with Crippen molar-refractivity contribution < 1.29 is 19.4 Å². The van der Waals surface area contributed by atoms with Crippen LogP contribution in [-0.4, -0.2) is 53.0 Å². The van der Waals surface area contributed by atoms with E-state index in [1.165, 1.54) is 0 Å². The highest BCUT2D eigenvalue weighted by Gasteiger charge is 2.27. The van der Waals surface area contributed by atoms with Crippen LogP contribution in [0.5, 0.6) is 0 Å². The van der Waals surface area contributed by atoms with Gasteiger partial charge in [-0.05, 0) is 6.42 Å². The van der Waals surface area contributed by atoms with Crippen LogP contribution in [0.1, 0.15) is 6.42 Å². The van der Waals surface area contributed by atoms with E-state index in [0.29, 0.717) is 25.5 Å². The number of carbonyl (C=O) groups is 1. The fourth-order valence-corrected chi connectivity index (χ4v) is 1.79. The summed E-state index contributed by atoms with van der Waals surface area (Å²) in [6.45, 7) is 0.729.